The molecule has 0 aliphatic carbocycles. The standard InChI is InChI=1S/C30H40N8O3/c1-5-22(2)28(27-7-6-18-41-27)34-38-23(3)26-21-32-37(29(26)33-30(38)31)17-14-35-12-15-36(16-13-35)24-8-10-25(11-9-24)40-20-19-39-4/h6-11,18,21-22,31-32H,3,5,12-17,19-20H2,1-2,4H3/b31-30?,34-28+. The van der Waals surface area contributed by atoms with Crippen LogP contribution in [-0.4, -0.2) is 79.9 Å². The summed E-state index contributed by atoms with van der Waals surface area (Å²) in [5.41, 5.74) is 5.33. The van der Waals surface area contributed by atoms with Gasteiger partial charge in [-0.25, -0.2) is 0 Å². The Bertz CT molecular complexity index is 1490. The van der Waals surface area contributed by atoms with Crippen LogP contribution in [0.1, 0.15) is 26.0 Å². The average Bonchev–Trinajstić information content (AvgIpc) is 3.67. The first-order chi connectivity index (χ1) is 20.0. The van der Waals surface area contributed by atoms with Gasteiger partial charge in [0.05, 0.1) is 30.0 Å². The van der Waals surface area contributed by atoms with Crippen molar-refractivity contribution < 1.29 is 13.9 Å². The van der Waals surface area contributed by atoms with Gasteiger partial charge in [-0.15, -0.1) is 0 Å². The number of anilines is 2. The van der Waals surface area contributed by atoms with Gasteiger partial charge in [0, 0.05) is 57.6 Å². The van der Waals surface area contributed by atoms with Gasteiger partial charge < -0.3 is 24.2 Å². The molecule has 2 aromatic heterocycles. The van der Waals surface area contributed by atoms with Gasteiger partial charge in [0.2, 0.25) is 5.62 Å². The molecule has 3 aromatic rings. The molecule has 0 bridgehead atoms. The molecule has 2 aliphatic heterocycles. The number of furan rings is 1. The molecular weight excluding hydrogens is 520 g/mol. The predicted octanol–water partition coefficient (Wildman–Crippen LogP) is 1.57. The number of hydrogen-bond donors (Lipinski definition) is 2. The van der Waals surface area contributed by atoms with Crippen molar-refractivity contribution in [2.24, 2.45) is 11.0 Å². The highest BCUT2D eigenvalue weighted by Gasteiger charge is 2.22. The maximum atomic E-state index is 8.65. The quantitative estimate of drug-likeness (QED) is 0.254. The van der Waals surface area contributed by atoms with E-state index in [1.807, 2.05) is 35.5 Å². The van der Waals surface area contributed by atoms with Gasteiger partial charge in [0.15, 0.2) is 5.82 Å². The van der Waals surface area contributed by atoms with E-state index in [0.29, 0.717) is 30.1 Å². The lowest BCUT2D eigenvalue weighted by atomic mass is 10.0. The maximum Gasteiger partial charge on any atom is 0.245 e. The fourth-order valence-corrected chi connectivity index (χ4v) is 5.00. The minimum Gasteiger partial charge on any atom is -0.491 e. The van der Waals surface area contributed by atoms with Crippen molar-refractivity contribution >= 4 is 30.0 Å². The summed E-state index contributed by atoms with van der Waals surface area (Å²) in [6.45, 7) is 15.1. The van der Waals surface area contributed by atoms with Gasteiger partial charge in [-0.05, 0) is 42.8 Å². The molecule has 0 saturated carbocycles. The molecule has 1 unspecified atom stereocenters. The number of rotatable bonds is 12. The van der Waals surface area contributed by atoms with Crippen LogP contribution in [0, 0.1) is 11.3 Å². The number of nitrogens with zero attached hydrogens (tertiary/aromatic N) is 6. The Morgan fingerprint density at radius 3 is 2.61 bits per heavy atom. The van der Waals surface area contributed by atoms with E-state index in [9.17, 15) is 0 Å². The molecule has 41 heavy (non-hydrogen) atoms. The van der Waals surface area contributed by atoms with Crippen LogP contribution < -0.4 is 36.3 Å². The zero-order chi connectivity index (χ0) is 28.8. The summed E-state index contributed by atoms with van der Waals surface area (Å²) in [7, 11) is 1.67. The van der Waals surface area contributed by atoms with Crippen LogP contribution in [0.15, 0.2) is 52.2 Å². The van der Waals surface area contributed by atoms with E-state index in [1.165, 1.54) is 10.4 Å². The van der Waals surface area contributed by atoms with E-state index >= 15 is 0 Å². The van der Waals surface area contributed by atoms with Crippen molar-refractivity contribution in [2.45, 2.75) is 20.3 Å². The molecule has 11 heteroatoms. The summed E-state index contributed by atoms with van der Waals surface area (Å²) in [5, 5.41) is 16.9. The molecule has 0 amide bonds. The summed E-state index contributed by atoms with van der Waals surface area (Å²) in [5.74, 6) is 2.42. The van der Waals surface area contributed by atoms with E-state index < -0.39 is 0 Å². The Morgan fingerprint density at radius 2 is 1.93 bits per heavy atom. The van der Waals surface area contributed by atoms with Crippen LogP contribution in [0.25, 0.3) is 12.8 Å². The summed E-state index contributed by atoms with van der Waals surface area (Å²) < 4.78 is 17.9. The monoisotopic (exact) mass is 560 g/mol. The minimum atomic E-state index is 0.0342. The number of hydrogen-bond acceptors (Lipinski definition) is 10. The van der Waals surface area contributed by atoms with Gasteiger partial charge in [0.25, 0.3) is 0 Å². The Balaban J connectivity index is 1.19. The van der Waals surface area contributed by atoms with E-state index in [4.69, 9.17) is 24.4 Å². The number of ether oxygens (including phenoxy) is 2. The Hall–Kier alpha value is -4.09. The van der Waals surface area contributed by atoms with Gasteiger partial charge in [-0.3, -0.25) is 15.3 Å². The van der Waals surface area contributed by atoms with Crippen LogP contribution in [-0.2, 0) is 4.74 Å². The first-order valence-corrected chi connectivity index (χ1v) is 14.2. The number of nitrogens with one attached hydrogen (secondary N) is 2. The topological polar surface area (TPSA) is 107 Å². The third-order valence-corrected chi connectivity index (χ3v) is 7.67. The van der Waals surface area contributed by atoms with Crippen molar-refractivity contribution in [3.63, 3.8) is 0 Å². The van der Waals surface area contributed by atoms with Crippen molar-refractivity contribution in [1.82, 2.24) is 20.0 Å². The molecule has 4 heterocycles. The zero-order valence-electron chi connectivity index (χ0n) is 24.2. The van der Waals surface area contributed by atoms with E-state index in [0.717, 1.165) is 62.4 Å². The van der Waals surface area contributed by atoms with Crippen molar-refractivity contribution in [3.05, 3.63) is 64.6 Å². The second-order valence-corrected chi connectivity index (χ2v) is 10.3. The fraction of sp³-hybridized carbons (Fsp3) is 0.433. The van der Waals surface area contributed by atoms with Crippen LogP contribution in [0.5, 0.6) is 5.75 Å². The van der Waals surface area contributed by atoms with Crippen LogP contribution >= 0.6 is 0 Å². The number of aromatic nitrogens is 2. The molecule has 1 fully saturated rings. The van der Waals surface area contributed by atoms with Gasteiger partial charge in [0.1, 0.15) is 23.8 Å². The summed E-state index contributed by atoms with van der Waals surface area (Å²) >= 11 is 0. The highest BCUT2D eigenvalue weighted by molar-refractivity contribution is 5.99. The molecule has 5 rings (SSSR count). The van der Waals surface area contributed by atoms with Gasteiger partial charge in [-0.1, -0.05) is 20.4 Å². The SMILES string of the molecule is C=c1c2c(nc(=N)n1/N=C(/c1ccco1)C(C)CC)N(CCN1CCN(c3ccc(OCCOC)cc3)CC1)NC=2. The summed E-state index contributed by atoms with van der Waals surface area (Å²) in [6.07, 6.45) is 4.43. The number of benzene rings is 1. The Morgan fingerprint density at radius 1 is 1.15 bits per heavy atom. The highest BCUT2D eigenvalue weighted by atomic mass is 16.5. The smallest absolute Gasteiger partial charge is 0.245 e. The van der Waals surface area contributed by atoms with Crippen LogP contribution in [0.2, 0.25) is 0 Å². The number of methoxy groups -OCH3 is 1. The second kappa shape index (κ2) is 13.0. The van der Waals surface area contributed by atoms with Gasteiger partial charge in [-0.2, -0.15) is 14.8 Å². The van der Waals surface area contributed by atoms with Crippen molar-refractivity contribution in [1.29, 1.82) is 5.41 Å². The molecule has 2 N–H and O–H groups in total. The number of fused-ring (bicyclic) bond motifs is 1. The zero-order valence-corrected chi connectivity index (χ0v) is 24.2. The van der Waals surface area contributed by atoms with Gasteiger partial charge >= 0.3 is 0 Å². The molecular formula is C30H40N8O3. The molecule has 0 radical (unpaired) electrons. The third-order valence-electron chi connectivity index (χ3n) is 7.67. The Kier molecular flexibility index (Phi) is 9.05. The molecule has 2 aliphatic rings. The predicted molar refractivity (Wildman–Crippen MR) is 160 cm³/mol. The summed E-state index contributed by atoms with van der Waals surface area (Å²) in [6, 6.07) is 12.0. The van der Waals surface area contributed by atoms with Crippen molar-refractivity contribution in [2.75, 3.05) is 69.5 Å². The molecule has 1 atom stereocenters. The average molecular weight is 561 g/mol. The maximum absolute atomic E-state index is 8.65. The highest BCUT2D eigenvalue weighted by Crippen LogP contribution is 2.21. The van der Waals surface area contributed by atoms with E-state index in [-0.39, 0.29) is 11.5 Å². The second-order valence-electron chi connectivity index (χ2n) is 10.3. The van der Waals surface area contributed by atoms with Crippen molar-refractivity contribution in [3.8, 4) is 5.75 Å². The number of hydrazine groups is 1. The van der Waals surface area contributed by atoms with Crippen LogP contribution in [0.4, 0.5) is 11.5 Å². The first-order valence-electron chi connectivity index (χ1n) is 14.2. The fourth-order valence-electron chi connectivity index (χ4n) is 5.00. The lowest BCUT2D eigenvalue weighted by molar-refractivity contribution is 0.146. The molecule has 1 saturated heterocycles. The minimum absolute atomic E-state index is 0.0342. The molecule has 218 valence electrons. The molecule has 0 spiro atoms. The molecule has 1 aromatic carbocycles. The molecule has 11 nitrogen and oxygen atoms in total. The summed E-state index contributed by atoms with van der Waals surface area (Å²) in [4.78, 5) is 9.47. The Labute approximate surface area is 240 Å². The largest absolute Gasteiger partial charge is 0.491 e. The van der Waals surface area contributed by atoms with E-state index in [2.05, 4.69) is 52.8 Å². The third kappa shape index (κ3) is 6.47. The first kappa shape index (κ1) is 28.4. The lowest BCUT2D eigenvalue weighted by Crippen LogP contribution is -2.50. The number of piperazine rings is 1. The normalized spacial score (nSPS) is 16.3. The van der Waals surface area contributed by atoms with E-state index in [1.54, 1.807) is 13.4 Å². The van der Waals surface area contributed by atoms with Crippen LogP contribution in [0.3, 0.4) is 0 Å². The lowest BCUT2D eigenvalue weighted by Gasteiger charge is -2.36.